The fraction of sp³-hybridized carbons (Fsp3) is 0.625. The SMILES string of the molecule is OCCCCCCOc1ccc(Cl)cc1CNC1CC1. The first-order chi connectivity index (χ1) is 9.79. The lowest BCUT2D eigenvalue weighted by molar-refractivity contribution is 0.272. The molecule has 0 unspecified atom stereocenters. The van der Waals surface area contributed by atoms with Crippen molar-refractivity contribution in [2.24, 2.45) is 0 Å². The zero-order valence-corrected chi connectivity index (χ0v) is 12.7. The molecule has 20 heavy (non-hydrogen) atoms. The lowest BCUT2D eigenvalue weighted by Gasteiger charge is -2.12. The Morgan fingerprint density at radius 3 is 2.75 bits per heavy atom. The molecule has 4 heteroatoms. The van der Waals surface area contributed by atoms with Crippen LogP contribution in [0.2, 0.25) is 5.02 Å². The molecule has 0 amide bonds. The molecule has 1 aliphatic rings. The van der Waals surface area contributed by atoms with Crippen LogP contribution in [0.5, 0.6) is 5.75 Å². The molecule has 3 nitrogen and oxygen atoms in total. The van der Waals surface area contributed by atoms with Crippen molar-refractivity contribution in [3.8, 4) is 5.75 Å². The van der Waals surface area contributed by atoms with Gasteiger partial charge in [0.25, 0.3) is 0 Å². The van der Waals surface area contributed by atoms with Crippen molar-refractivity contribution in [3.05, 3.63) is 28.8 Å². The van der Waals surface area contributed by atoms with E-state index in [0.29, 0.717) is 6.04 Å². The van der Waals surface area contributed by atoms with E-state index in [4.69, 9.17) is 21.4 Å². The first-order valence-corrected chi connectivity index (χ1v) is 7.93. The molecule has 0 spiro atoms. The van der Waals surface area contributed by atoms with Crippen LogP contribution >= 0.6 is 11.6 Å². The highest BCUT2D eigenvalue weighted by Gasteiger charge is 2.20. The smallest absolute Gasteiger partial charge is 0.123 e. The van der Waals surface area contributed by atoms with Crippen molar-refractivity contribution < 1.29 is 9.84 Å². The Morgan fingerprint density at radius 1 is 1.20 bits per heavy atom. The molecule has 0 heterocycles. The Bertz CT molecular complexity index is 407. The second-order valence-corrected chi connectivity index (χ2v) is 5.83. The second-order valence-electron chi connectivity index (χ2n) is 5.39. The van der Waals surface area contributed by atoms with Crippen LogP contribution in [0.4, 0.5) is 0 Å². The summed E-state index contributed by atoms with van der Waals surface area (Å²) in [6, 6.07) is 6.50. The largest absolute Gasteiger partial charge is 0.493 e. The number of hydrogen-bond acceptors (Lipinski definition) is 3. The van der Waals surface area contributed by atoms with Gasteiger partial charge < -0.3 is 15.2 Å². The molecule has 1 aliphatic carbocycles. The topological polar surface area (TPSA) is 41.5 Å². The predicted molar refractivity (Wildman–Crippen MR) is 82.4 cm³/mol. The quantitative estimate of drug-likeness (QED) is 0.649. The molecule has 0 bridgehead atoms. The molecular formula is C16H24ClNO2. The maximum atomic E-state index is 8.72. The van der Waals surface area contributed by atoms with E-state index in [1.54, 1.807) is 0 Å². The highest BCUT2D eigenvalue weighted by atomic mass is 35.5. The summed E-state index contributed by atoms with van der Waals surface area (Å²) in [7, 11) is 0. The zero-order chi connectivity index (χ0) is 14.2. The number of hydrogen-bond donors (Lipinski definition) is 2. The lowest BCUT2D eigenvalue weighted by atomic mass is 10.2. The van der Waals surface area contributed by atoms with Gasteiger partial charge in [-0.05, 0) is 50.3 Å². The summed E-state index contributed by atoms with van der Waals surface area (Å²) in [6.07, 6.45) is 6.64. The third-order valence-corrected chi connectivity index (χ3v) is 3.73. The van der Waals surface area contributed by atoms with Crippen molar-refractivity contribution in [2.45, 2.75) is 51.1 Å². The van der Waals surface area contributed by atoms with Gasteiger partial charge in [0.2, 0.25) is 0 Å². The van der Waals surface area contributed by atoms with Gasteiger partial charge in [-0.3, -0.25) is 0 Å². The molecule has 1 aromatic carbocycles. The molecule has 1 fully saturated rings. The summed E-state index contributed by atoms with van der Waals surface area (Å²) >= 11 is 6.06. The maximum absolute atomic E-state index is 8.72. The van der Waals surface area contributed by atoms with Gasteiger partial charge in [0.1, 0.15) is 5.75 Å². The van der Waals surface area contributed by atoms with E-state index >= 15 is 0 Å². The normalized spacial score (nSPS) is 14.5. The van der Waals surface area contributed by atoms with Gasteiger partial charge in [-0.2, -0.15) is 0 Å². The minimum absolute atomic E-state index is 0.287. The molecule has 0 aromatic heterocycles. The van der Waals surface area contributed by atoms with Gasteiger partial charge in [0.05, 0.1) is 6.61 Å². The monoisotopic (exact) mass is 297 g/mol. The van der Waals surface area contributed by atoms with Gasteiger partial charge in [-0.25, -0.2) is 0 Å². The maximum Gasteiger partial charge on any atom is 0.123 e. The Balaban J connectivity index is 1.76. The number of benzene rings is 1. The average molecular weight is 298 g/mol. The molecular weight excluding hydrogens is 274 g/mol. The highest BCUT2D eigenvalue weighted by molar-refractivity contribution is 6.30. The van der Waals surface area contributed by atoms with E-state index in [1.165, 1.54) is 12.8 Å². The summed E-state index contributed by atoms with van der Waals surface area (Å²) in [5.74, 6) is 0.935. The Labute approximate surface area is 126 Å². The van der Waals surface area contributed by atoms with Gasteiger partial charge in [0.15, 0.2) is 0 Å². The minimum Gasteiger partial charge on any atom is -0.493 e. The summed E-state index contributed by atoms with van der Waals surface area (Å²) in [5, 5.41) is 13.0. The molecule has 112 valence electrons. The van der Waals surface area contributed by atoms with Gasteiger partial charge in [0, 0.05) is 29.8 Å². The van der Waals surface area contributed by atoms with E-state index in [1.807, 2.05) is 18.2 Å². The Kier molecular flexibility index (Phi) is 6.64. The van der Waals surface area contributed by atoms with Crippen LogP contribution in [0, 0.1) is 0 Å². The van der Waals surface area contributed by atoms with E-state index in [-0.39, 0.29) is 6.61 Å². The van der Waals surface area contributed by atoms with Gasteiger partial charge >= 0.3 is 0 Å². The van der Waals surface area contributed by atoms with E-state index < -0.39 is 0 Å². The highest BCUT2D eigenvalue weighted by Crippen LogP contribution is 2.25. The van der Waals surface area contributed by atoms with Crippen LogP contribution < -0.4 is 10.1 Å². The van der Waals surface area contributed by atoms with E-state index in [9.17, 15) is 0 Å². The number of aliphatic hydroxyl groups is 1. The van der Waals surface area contributed by atoms with Crippen LogP contribution in [0.15, 0.2) is 18.2 Å². The minimum atomic E-state index is 0.287. The molecule has 2 rings (SSSR count). The van der Waals surface area contributed by atoms with Crippen molar-refractivity contribution in [3.63, 3.8) is 0 Å². The molecule has 0 radical (unpaired) electrons. The van der Waals surface area contributed by atoms with E-state index in [2.05, 4.69) is 5.32 Å². The second kappa shape index (κ2) is 8.50. The molecule has 1 saturated carbocycles. The molecule has 2 N–H and O–H groups in total. The third-order valence-electron chi connectivity index (χ3n) is 3.49. The number of rotatable bonds is 10. The predicted octanol–water partition coefficient (Wildman–Crippen LogP) is 3.52. The molecule has 1 aromatic rings. The van der Waals surface area contributed by atoms with Gasteiger partial charge in [-0.1, -0.05) is 18.0 Å². The number of unbranched alkanes of at least 4 members (excludes halogenated alkanes) is 3. The average Bonchev–Trinajstić information content (AvgIpc) is 3.26. The van der Waals surface area contributed by atoms with Crippen LogP contribution in [0.25, 0.3) is 0 Å². The number of nitrogens with one attached hydrogen (secondary N) is 1. The lowest BCUT2D eigenvalue weighted by Crippen LogP contribution is -2.16. The summed E-state index contributed by atoms with van der Waals surface area (Å²) < 4.78 is 5.86. The van der Waals surface area contributed by atoms with Crippen LogP contribution in [0.1, 0.15) is 44.1 Å². The molecule has 0 atom stereocenters. The first-order valence-electron chi connectivity index (χ1n) is 7.55. The standard InChI is InChI=1S/C16H24ClNO2/c17-14-5-8-16(20-10-4-2-1-3-9-19)13(11-14)12-18-15-6-7-15/h5,8,11,15,18-19H,1-4,6-7,9-10,12H2. The fourth-order valence-corrected chi connectivity index (χ4v) is 2.31. The number of ether oxygens (including phenoxy) is 1. The summed E-state index contributed by atoms with van der Waals surface area (Å²) in [4.78, 5) is 0. The number of halogens is 1. The summed E-state index contributed by atoms with van der Waals surface area (Å²) in [6.45, 7) is 1.84. The van der Waals surface area contributed by atoms with E-state index in [0.717, 1.165) is 55.2 Å². The van der Waals surface area contributed by atoms with Crippen LogP contribution in [-0.4, -0.2) is 24.4 Å². The van der Waals surface area contributed by atoms with Crippen molar-refractivity contribution in [2.75, 3.05) is 13.2 Å². The summed E-state index contributed by atoms with van der Waals surface area (Å²) in [5.41, 5.74) is 1.14. The van der Waals surface area contributed by atoms with Crippen LogP contribution in [0.3, 0.4) is 0 Å². The third kappa shape index (κ3) is 5.70. The fourth-order valence-electron chi connectivity index (χ4n) is 2.12. The van der Waals surface area contributed by atoms with Crippen molar-refractivity contribution in [1.82, 2.24) is 5.32 Å². The first kappa shape index (κ1) is 15.6. The molecule has 0 aliphatic heterocycles. The Morgan fingerprint density at radius 2 is 2.00 bits per heavy atom. The zero-order valence-electron chi connectivity index (χ0n) is 11.9. The number of aliphatic hydroxyl groups excluding tert-OH is 1. The Hall–Kier alpha value is -0.770. The van der Waals surface area contributed by atoms with Crippen LogP contribution in [-0.2, 0) is 6.54 Å². The molecule has 0 saturated heterocycles. The van der Waals surface area contributed by atoms with Gasteiger partial charge in [-0.15, -0.1) is 0 Å². The van der Waals surface area contributed by atoms with Crippen molar-refractivity contribution >= 4 is 11.6 Å². The van der Waals surface area contributed by atoms with Crippen molar-refractivity contribution in [1.29, 1.82) is 0 Å².